The zero-order valence-electron chi connectivity index (χ0n) is 26.1. The minimum Gasteiger partial charge on any atom is -0.663 e. The van der Waals surface area contributed by atoms with Crippen molar-refractivity contribution in [2.75, 3.05) is 0 Å². The summed E-state index contributed by atoms with van der Waals surface area (Å²) in [5, 5.41) is 6.95. The molecule has 0 aliphatic rings. The largest absolute Gasteiger partial charge is 2.00 e. The Morgan fingerprint density at radius 1 is 0.551 bits per heavy atom. The number of nitrogens with zero attached hydrogens (tertiary/aromatic N) is 4. The van der Waals surface area contributed by atoms with Crippen molar-refractivity contribution in [2.45, 2.75) is 0 Å². The maximum absolute atomic E-state index is 5.36. The molecule has 4 heterocycles. The predicted octanol–water partition coefficient (Wildman–Crippen LogP) is 10.8. The van der Waals surface area contributed by atoms with E-state index in [1.54, 1.807) is 0 Å². The first-order chi connectivity index (χ1) is 23.8. The summed E-state index contributed by atoms with van der Waals surface area (Å²) in [6, 6.07) is 56.8. The van der Waals surface area contributed by atoms with Crippen LogP contribution in [0.4, 0.5) is 0 Å². The van der Waals surface area contributed by atoms with Crippen LogP contribution in [-0.2, 0) is 21.1 Å². The Bertz CT molecular complexity index is 2850. The predicted molar refractivity (Wildman–Crippen MR) is 197 cm³/mol. The molecular weight excluding hydrogens is 780 g/mol. The van der Waals surface area contributed by atoms with Crippen LogP contribution in [0.5, 0.6) is 0 Å². The number of para-hydroxylation sites is 2. The van der Waals surface area contributed by atoms with E-state index in [2.05, 4.69) is 144 Å². The topological polar surface area (TPSA) is 44.8 Å². The Labute approximate surface area is 297 Å². The van der Waals surface area contributed by atoms with Crippen molar-refractivity contribution >= 4 is 54.5 Å². The first kappa shape index (κ1) is 29.3. The Morgan fingerprint density at radius 3 is 2.18 bits per heavy atom. The van der Waals surface area contributed by atoms with Gasteiger partial charge in [-0.25, -0.2) is 4.98 Å². The monoisotopic (exact) mass is 805 g/mol. The van der Waals surface area contributed by atoms with Crippen LogP contribution >= 0.6 is 0 Å². The zero-order chi connectivity index (χ0) is 31.6. The van der Waals surface area contributed by atoms with E-state index in [-0.39, 0.29) is 21.1 Å². The normalized spacial score (nSPS) is 11.5. The zero-order valence-corrected chi connectivity index (χ0v) is 28.4. The molecule has 6 aromatic carbocycles. The molecule has 0 fully saturated rings. The van der Waals surface area contributed by atoms with Crippen LogP contribution in [0.2, 0.25) is 0 Å². The molecule has 0 unspecified atom stereocenters. The van der Waals surface area contributed by atoms with Gasteiger partial charge in [0.05, 0.1) is 5.52 Å². The standard InChI is InChI=1S/C44H26N4.Pt/c1-2-11-28(12-3-1)33-25-40(32-16-8-15-31(23-32)34-18-9-19-36-35-17-6-7-21-39(35)47-43(34)36)46-42(27-33)48-41-26-30-14-5-4-13-29(30)24-38(41)37-20-10-22-45-44(37)48;/h1-22,24-27H;/q-2;+2. The van der Waals surface area contributed by atoms with Gasteiger partial charge in [0.2, 0.25) is 0 Å². The van der Waals surface area contributed by atoms with E-state index < -0.39 is 0 Å². The molecule has 0 radical (unpaired) electrons. The molecule has 0 saturated heterocycles. The number of pyridine rings is 2. The van der Waals surface area contributed by atoms with Crippen LogP contribution < -0.4 is 4.98 Å². The summed E-state index contributed by atoms with van der Waals surface area (Å²) in [7, 11) is 0. The number of rotatable bonds is 4. The molecule has 232 valence electrons. The summed E-state index contributed by atoms with van der Waals surface area (Å²) in [6.07, 6.45) is 1.86. The summed E-state index contributed by atoms with van der Waals surface area (Å²) in [6.45, 7) is 0. The third-order valence-electron chi connectivity index (χ3n) is 9.37. The maximum atomic E-state index is 5.36. The van der Waals surface area contributed by atoms with E-state index in [1.165, 1.54) is 16.2 Å². The Hall–Kier alpha value is -5.83. The van der Waals surface area contributed by atoms with Gasteiger partial charge in [0, 0.05) is 22.7 Å². The van der Waals surface area contributed by atoms with Crippen LogP contribution in [0.25, 0.3) is 93.8 Å². The van der Waals surface area contributed by atoms with E-state index in [1.807, 2.05) is 24.4 Å². The maximum Gasteiger partial charge on any atom is 2.00 e. The molecule has 4 aromatic heterocycles. The fourth-order valence-corrected chi connectivity index (χ4v) is 7.12. The molecular formula is C44H26N4Pt. The summed E-state index contributed by atoms with van der Waals surface area (Å²) in [4.78, 5) is 15.3. The van der Waals surface area contributed by atoms with Gasteiger partial charge in [-0.05, 0) is 63.0 Å². The van der Waals surface area contributed by atoms with Gasteiger partial charge in [0.1, 0.15) is 11.5 Å². The molecule has 0 amide bonds. The van der Waals surface area contributed by atoms with Crippen LogP contribution in [-0.4, -0.2) is 14.5 Å². The molecule has 0 N–H and O–H groups in total. The Morgan fingerprint density at radius 2 is 1.29 bits per heavy atom. The minimum atomic E-state index is 0. The molecule has 0 aliphatic carbocycles. The van der Waals surface area contributed by atoms with Crippen molar-refractivity contribution in [1.82, 2.24) is 19.5 Å². The van der Waals surface area contributed by atoms with Crippen LogP contribution in [0.15, 0.2) is 158 Å². The third kappa shape index (κ3) is 4.79. The molecule has 0 bridgehead atoms. The average Bonchev–Trinajstić information content (AvgIpc) is 3.69. The van der Waals surface area contributed by atoms with Gasteiger partial charge in [-0.1, -0.05) is 114 Å². The van der Waals surface area contributed by atoms with Gasteiger partial charge in [0.25, 0.3) is 0 Å². The van der Waals surface area contributed by atoms with E-state index in [4.69, 9.17) is 15.0 Å². The Balaban J connectivity index is 0.00000325. The van der Waals surface area contributed by atoms with Gasteiger partial charge >= 0.3 is 21.1 Å². The SMILES string of the molecule is [Pt+2].[c-]1c(-c2cc(-c3ccccc3)cc(-n3c4cc5ccccc5cc4c4cccnc43)n2)cccc1-c1cccc2c1[n-]c1ccccc12. The van der Waals surface area contributed by atoms with Crippen molar-refractivity contribution in [1.29, 1.82) is 0 Å². The number of hydrogen-bond donors (Lipinski definition) is 0. The van der Waals surface area contributed by atoms with Crippen LogP contribution in [0, 0.1) is 6.07 Å². The summed E-state index contributed by atoms with van der Waals surface area (Å²) >= 11 is 0. The second-order valence-electron chi connectivity index (χ2n) is 12.2. The van der Waals surface area contributed by atoms with E-state index >= 15 is 0 Å². The summed E-state index contributed by atoms with van der Waals surface area (Å²) in [5.41, 5.74) is 9.94. The van der Waals surface area contributed by atoms with Gasteiger partial charge in [-0.15, -0.1) is 35.3 Å². The molecule has 4 nitrogen and oxygen atoms in total. The van der Waals surface area contributed by atoms with Crippen LogP contribution in [0.3, 0.4) is 0 Å². The van der Waals surface area contributed by atoms with E-state index in [9.17, 15) is 0 Å². The van der Waals surface area contributed by atoms with Gasteiger partial charge in [-0.2, -0.15) is 5.52 Å². The molecule has 10 aromatic rings. The molecule has 10 rings (SSSR count). The van der Waals surface area contributed by atoms with Crippen molar-refractivity contribution in [2.24, 2.45) is 0 Å². The fourth-order valence-electron chi connectivity index (χ4n) is 7.12. The van der Waals surface area contributed by atoms with Crippen molar-refractivity contribution in [3.05, 3.63) is 164 Å². The first-order valence-corrected chi connectivity index (χ1v) is 16.1. The second kappa shape index (κ2) is 11.7. The van der Waals surface area contributed by atoms with Gasteiger partial charge in [-0.3, -0.25) is 9.55 Å². The fraction of sp³-hybridized carbons (Fsp3) is 0. The van der Waals surface area contributed by atoms with Crippen LogP contribution in [0.1, 0.15) is 0 Å². The minimum absolute atomic E-state index is 0. The third-order valence-corrected chi connectivity index (χ3v) is 9.37. The first-order valence-electron chi connectivity index (χ1n) is 16.1. The number of fused-ring (bicyclic) bond motifs is 7. The Kier molecular flexibility index (Phi) is 7.00. The summed E-state index contributed by atoms with van der Waals surface area (Å²) < 4.78 is 2.21. The van der Waals surface area contributed by atoms with E-state index in [0.29, 0.717) is 0 Å². The summed E-state index contributed by atoms with van der Waals surface area (Å²) in [5.74, 6) is 0.810. The smallest absolute Gasteiger partial charge is 0.663 e. The van der Waals surface area contributed by atoms with Crippen molar-refractivity contribution < 1.29 is 21.1 Å². The molecule has 49 heavy (non-hydrogen) atoms. The molecule has 5 heteroatoms. The van der Waals surface area contributed by atoms with Gasteiger partial charge < -0.3 is 4.98 Å². The molecule has 0 spiro atoms. The average molecular weight is 806 g/mol. The number of aromatic nitrogens is 4. The van der Waals surface area contributed by atoms with E-state index in [0.717, 1.165) is 77.7 Å². The second-order valence-corrected chi connectivity index (χ2v) is 12.2. The molecule has 0 atom stereocenters. The quantitative estimate of drug-likeness (QED) is 0.166. The van der Waals surface area contributed by atoms with Gasteiger partial charge in [0.15, 0.2) is 0 Å². The number of benzene rings is 6. The molecule has 0 saturated carbocycles. The molecule has 0 aliphatic heterocycles. The van der Waals surface area contributed by atoms with Crippen molar-refractivity contribution in [3.63, 3.8) is 0 Å². The number of hydrogen-bond acceptors (Lipinski definition) is 2. The van der Waals surface area contributed by atoms with Crippen molar-refractivity contribution in [3.8, 4) is 39.3 Å².